The van der Waals surface area contributed by atoms with Gasteiger partial charge in [0.1, 0.15) is 0 Å². The van der Waals surface area contributed by atoms with E-state index in [1.807, 2.05) is 0 Å². The summed E-state index contributed by atoms with van der Waals surface area (Å²) < 4.78 is 0. The Morgan fingerprint density at radius 3 is 2.50 bits per heavy atom. The summed E-state index contributed by atoms with van der Waals surface area (Å²) in [6, 6.07) is 0. The quantitative estimate of drug-likeness (QED) is 0.605. The molecule has 1 nitrogen and oxygen atoms in total. The van der Waals surface area contributed by atoms with Gasteiger partial charge in [-0.2, -0.15) is 0 Å². The molecular formula is C12H20OSi. The van der Waals surface area contributed by atoms with Crippen molar-refractivity contribution in [2.24, 2.45) is 11.8 Å². The molecule has 2 atom stereocenters. The number of fused-ring (bicyclic) bond motifs is 1. The smallest absolute Gasteiger partial charge is 0.158 e. The molecule has 0 unspecified atom stereocenters. The molecule has 2 aliphatic rings. The summed E-state index contributed by atoms with van der Waals surface area (Å²) in [5, 5.41) is 1.30. The molecule has 0 heterocycles. The predicted molar refractivity (Wildman–Crippen MR) is 61.9 cm³/mol. The van der Waals surface area contributed by atoms with Gasteiger partial charge in [0.15, 0.2) is 5.78 Å². The summed E-state index contributed by atoms with van der Waals surface area (Å²) in [5.74, 6) is 1.42. The molecule has 2 aliphatic carbocycles. The minimum Gasteiger partial charge on any atom is -0.295 e. The lowest BCUT2D eigenvalue weighted by Gasteiger charge is -2.19. The first-order valence-electron chi connectivity index (χ1n) is 5.70. The van der Waals surface area contributed by atoms with Gasteiger partial charge < -0.3 is 0 Å². The summed E-state index contributed by atoms with van der Waals surface area (Å²) >= 11 is 0. The second kappa shape index (κ2) is 3.06. The fourth-order valence-corrected chi connectivity index (χ4v) is 5.39. The van der Waals surface area contributed by atoms with Crippen LogP contribution in [0.25, 0.3) is 0 Å². The fourth-order valence-electron chi connectivity index (χ4n) is 3.15. The first-order chi connectivity index (χ1) is 6.43. The van der Waals surface area contributed by atoms with E-state index in [4.69, 9.17) is 0 Å². The van der Waals surface area contributed by atoms with Gasteiger partial charge in [-0.25, -0.2) is 0 Å². The fraction of sp³-hybridized carbons (Fsp3) is 0.750. The number of rotatable bonds is 1. The van der Waals surface area contributed by atoms with Gasteiger partial charge in [0, 0.05) is 5.92 Å². The highest BCUT2D eigenvalue weighted by Gasteiger charge is 2.44. The van der Waals surface area contributed by atoms with Crippen molar-refractivity contribution in [3.63, 3.8) is 0 Å². The van der Waals surface area contributed by atoms with Crippen LogP contribution in [0.15, 0.2) is 10.8 Å². The molecule has 0 saturated heterocycles. The van der Waals surface area contributed by atoms with E-state index < -0.39 is 8.07 Å². The molecule has 2 heteroatoms. The average molecular weight is 208 g/mol. The highest BCUT2D eigenvalue weighted by Crippen LogP contribution is 2.47. The van der Waals surface area contributed by atoms with Crippen LogP contribution in [0.4, 0.5) is 0 Å². The standard InChI is InChI=1S/C12H20OSi/c1-8-9-6-5-7-10(9)12(11(8)13)14(2,3)4/h8-9H,5-7H2,1-4H3/t8-,9+/m0/s1. The number of hydrogen-bond donors (Lipinski definition) is 0. The normalized spacial score (nSPS) is 32.7. The molecule has 0 N–H and O–H groups in total. The van der Waals surface area contributed by atoms with Crippen molar-refractivity contribution in [3.05, 3.63) is 10.8 Å². The summed E-state index contributed by atoms with van der Waals surface area (Å²) in [4.78, 5) is 12.1. The zero-order chi connectivity index (χ0) is 10.5. The lowest BCUT2D eigenvalue weighted by molar-refractivity contribution is -0.118. The molecule has 0 aromatic heterocycles. The Hall–Kier alpha value is -0.373. The van der Waals surface area contributed by atoms with E-state index in [9.17, 15) is 4.79 Å². The molecule has 0 aromatic rings. The number of carbonyl (C=O) groups excluding carboxylic acids is 1. The second-order valence-electron chi connectivity index (χ2n) is 5.80. The van der Waals surface area contributed by atoms with E-state index >= 15 is 0 Å². The first-order valence-corrected chi connectivity index (χ1v) is 9.20. The Balaban J connectivity index is 2.47. The van der Waals surface area contributed by atoms with Crippen LogP contribution in [-0.2, 0) is 4.79 Å². The van der Waals surface area contributed by atoms with Gasteiger partial charge in [-0.05, 0) is 30.4 Å². The van der Waals surface area contributed by atoms with E-state index in [0.717, 1.165) is 0 Å². The van der Waals surface area contributed by atoms with Crippen molar-refractivity contribution < 1.29 is 4.79 Å². The molecule has 1 saturated carbocycles. The minimum absolute atomic E-state index is 0.300. The molecule has 0 bridgehead atoms. The molecule has 2 rings (SSSR count). The van der Waals surface area contributed by atoms with Crippen LogP contribution in [0.3, 0.4) is 0 Å². The van der Waals surface area contributed by atoms with Crippen molar-refractivity contribution in [2.75, 3.05) is 0 Å². The van der Waals surface area contributed by atoms with Gasteiger partial charge in [0.25, 0.3) is 0 Å². The number of ketones is 1. The number of Topliss-reactive ketones (excluding diaryl/α,β-unsaturated/α-hetero) is 1. The zero-order valence-corrected chi connectivity index (χ0v) is 10.7. The van der Waals surface area contributed by atoms with Gasteiger partial charge >= 0.3 is 0 Å². The van der Waals surface area contributed by atoms with Crippen molar-refractivity contribution in [1.82, 2.24) is 0 Å². The maximum Gasteiger partial charge on any atom is 0.158 e. The monoisotopic (exact) mass is 208 g/mol. The Kier molecular flexibility index (Phi) is 2.22. The summed E-state index contributed by atoms with van der Waals surface area (Å²) in [6.45, 7) is 9.05. The molecule has 0 aliphatic heterocycles. The van der Waals surface area contributed by atoms with Gasteiger partial charge in [0.05, 0.1) is 8.07 Å². The van der Waals surface area contributed by atoms with E-state index in [2.05, 4.69) is 26.6 Å². The predicted octanol–water partition coefficient (Wildman–Crippen LogP) is 3.18. The molecule has 78 valence electrons. The van der Waals surface area contributed by atoms with Crippen molar-refractivity contribution >= 4 is 13.9 Å². The third-order valence-electron chi connectivity index (χ3n) is 3.74. The number of carbonyl (C=O) groups is 1. The van der Waals surface area contributed by atoms with Crippen LogP contribution < -0.4 is 0 Å². The van der Waals surface area contributed by atoms with Gasteiger partial charge in [-0.15, -0.1) is 0 Å². The van der Waals surface area contributed by atoms with Crippen LogP contribution in [0.1, 0.15) is 26.2 Å². The van der Waals surface area contributed by atoms with Crippen molar-refractivity contribution in [1.29, 1.82) is 0 Å². The highest BCUT2D eigenvalue weighted by molar-refractivity contribution is 6.87. The number of allylic oxidation sites excluding steroid dienone is 2. The Morgan fingerprint density at radius 1 is 1.29 bits per heavy atom. The minimum atomic E-state index is -1.38. The first kappa shape index (κ1) is 10.2. The average Bonchev–Trinajstić information content (AvgIpc) is 2.55. The molecule has 0 aromatic carbocycles. The van der Waals surface area contributed by atoms with Crippen LogP contribution in [-0.4, -0.2) is 13.9 Å². The van der Waals surface area contributed by atoms with Crippen LogP contribution >= 0.6 is 0 Å². The van der Waals surface area contributed by atoms with Crippen LogP contribution in [0.5, 0.6) is 0 Å². The molecule has 0 spiro atoms. The third-order valence-corrected chi connectivity index (χ3v) is 5.81. The van der Waals surface area contributed by atoms with E-state index in [1.54, 1.807) is 5.57 Å². The van der Waals surface area contributed by atoms with Gasteiger partial charge in [-0.1, -0.05) is 32.1 Å². The third kappa shape index (κ3) is 1.31. The van der Waals surface area contributed by atoms with Crippen molar-refractivity contribution in [2.45, 2.75) is 45.8 Å². The van der Waals surface area contributed by atoms with E-state index in [0.29, 0.717) is 17.6 Å². The lowest BCUT2D eigenvalue weighted by Crippen LogP contribution is -2.30. The van der Waals surface area contributed by atoms with Gasteiger partial charge in [0.2, 0.25) is 0 Å². The van der Waals surface area contributed by atoms with Crippen molar-refractivity contribution in [3.8, 4) is 0 Å². The summed E-state index contributed by atoms with van der Waals surface area (Å²) in [7, 11) is -1.38. The molecule has 0 amide bonds. The Morgan fingerprint density at radius 2 is 1.93 bits per heavy atom. The molecule has 14 heavy (non-hydrogen) atoms. The maximum atomic E-state index is 12.1. The zero-order valence-electron chi connectivity index (χ0n) is 9.68. The summed E-state index contributed by atoms with van der Waals surface area (Å²) in [6.07, 6.45) is 3.78. The maximum absolute atomic E-state index is 12.1. The molecule has 1 fully saturated rings. The topological polar surface area (TPSA) is 17.1 Å². The Labute approximate surface area is 87.6 Å². The summed E-state index contributed by atoms with van der Waals surface area (Å²) in [5.41, 5.74) is 1.56. The van der Waals surface area contributed by atoms with Gasteiger partial charge in [-0.3, -0.25) is 4.79 Å². The van der Waals surface area contributed by atoms with Crippen LogP contribution in [0.2, 0.25) is 19.6 Å². The Bertz CT molecular complexity index is 309. The number of hydrogen-bond acceptors (Lipinski definition) is 1. The molecule has 0 radical (unpaired) electrons. The highest BCUT2D eigenvalue weighted by atomic mass is 28.3. The lowest BCUT2D eigenvalue weighted by atomic mass is 9.94. The SMILES string of the molecule is C[C@@H]1C(=O)C([Si](C)(C)C)=C2CCC[C@@H]21. The van der Waals surface area contributed by atoms with Crippen LogP contribution in [0, 0.1) is 11.8 Å². The molecular weight excluding hydrogens is 188 g/mol. The van der Waals surface area contributed by atoms with E-state index in [1.165, 1.54) is 24.5 Å². The largest absolute Gasteiger partial charge is 0.295 e. The van der Waals surface area contributed by atoms with E-state index in [-0.39, 0.29) is 0 Å². The second-order valence-corrected chi connectivity index (χ2v) is 10.8.